The summed E-state index contributed by atoms with van der Waals surface area (Å²) in [5, 5.41) is 2.86. The molecule has 1 rings (SSSR count). The van der Waals surface area contributed by atoms with Gasteiger partial charge >= 0.3 is 0 Å². The zero-order valence-corrected chi connectivity index (χ0v) is 10.9. The minimum Gasteiger partial charge on any atom is -0.375 e. The number of ether oxygens (including phenoxy) is 2. The molecule has 98 valence electrons. The summed E-state index contributed by atoms with van der Waals surface area (Å²) in [7, 11) is 0. The summed E-state index contributed by atoms with van der Waals surface area (Å²) < 4.78 is 10.8. The predicted octanol–water partition coefficient (Wildman–Crippen LogP) is 1.51. The first-order valence-corrected chi connectivity index (χ1v) is 6.19. The number of epoxide rings is 1. The van der Waals surface area contributed by atoms with Gasteiger partial charge in [0.05, 0.1) is 19.3 Å². The normalized spacial score (nSPS) is 23.6. The van der Waals surface area contributed by atoms with Crippen molar-refractivity contribution in [2.24, 2.45) is 5.92 Å². The third-order valence-electron chi connectivity index (χ3n) is 3.05. The van der Waals surface area contributed by atoms with E-state index in [4.69, 9.17) is 9.47 Å². The highest BCUT2D eigenvalue weighted by molar-refractivity contribution is 5.87. The molecule has 4 nitrogen and oxygen atoms in total. The zero-order valence-electron chi connectivity index (χ0n) is 10.9. The molecule has 0 radical (unpaired) electrons. The summed E-state index contributed by atoms with van der Waals surface area (Å²) in [5.74, 6) is 0.276. The lowest BCUT2D eigenvalue weighted by atomic mass is 9.97. The second-order valence-electron chi connectivity index (χ2n) is 4.82. The molecule has 1 N–H and O–H groups in total. The highest BCUT2D eigenvalue weighted by Crippen LogP contribution is 2.17. The van der Waals surface area contributed by atoms with Crippen LogP contribution in [-0.4, -0.2) is 37.4 Å². The van der Waals surface area contributed by atoms with Gasteiger partial charge in [0.2, 0.25) is 5.91 Å². The van der Waals surface area contributed by atoms with Crippen LogP contribution in [-0.2, 0) is 14.3 Å². The highest BCUT2D eigenvalue weighted by atomic mass is 16.6. The molecule has 0 saturated carbocycles. The lowest BCUT2D eigenvalue weighted by molar-refractivity contribution is -0.117. The molecule has 4 atom stereocenters. The summed E-state index contributed by atoms with van der Waals surface area (Å²) in [4.78, 5) is 11.1. The van der Waals surface area contributed by atoms with Crippen LogP contribution in [0.3, 0.4) is 0 Å². The molecule has 1 amide bonds. The molecule has 1 aliphatic heterocycles. The standard InChI is InChI=1S/C13H23NO3/c1-5-13(15)14-10(3)6-9(2)11(4)16-7-12-8-17-12/h5,9-12H,1,6-8H2,2-4H3,(H,14,15). The van der Waals surface area contributed by atoms with Gasteiger partial charge in [-0.1, -0.05) is 13.5 Å². The number of hydrogen-bond donors (Lipinski definition) is 1. The molecule has 0 aromatic carbocycles. The minimum absolute atomic E-state index is 0.121. The van der Waals surface area contributed by atoms with Crippen LogP contribution in [0.1, 0.15) is 27.2 Å². The molecule has 1 heterocycles. The molecule has 0 aromatic rings. The van der Waals surface area contributed by atoms with Crippen LogP contribution in [0.2, 0.25) is 0 Å². The molecule has 4 heteroatoms. The van der Waals surface area contributed by atoms with Crippen molar-refractivity contribution < 1.29 is 14.3 Å². The number of hydrogen-bond acceptors (Lipinski definition) is 3. The predicted molar refractivity (Wildman–Crippen MR) is 66.7 cm³/mol. The molecule has 0 bridgehead atoms. The van der Waals surface area contributed by atoms with E-state index in [0.717, 1.165) is 13.0 Å². The lowest BCUT2D eigenvalue weighted by Crippen LogP contribution is -2.34. The molecular formula is C13H23NO3. The highest BCUT2D eigenvalue weighted by Gasteiger charge is 2.25. The van der Waals surface area contributed by atoms with Gasteiger partial charge in [-0.05, 0) is 32.3 Å². The third kappa shape index (κ3) is 5.84. The maximum Gasteiger partial charge on any atom is 0.243 e. The molecule has 1 saturated heterocycles. The van der Waals surface area contributed by atoms with Gasteiger partial charge in [0, 0.05) is 6.04 Å². The van der Waals surface area contributed by atoms with Crippen molar-refractivity contribution in [1.29, 1.82) is 0 Å². The molecule has 1 aliphatic rings. The average molecular weight is 241 g/mol. The van der Waals surface area contributed by atoms with Crippen LogP contribution in [0.5, 0.6) is 0 Å². The van der Waals surface area contributed by atoms with Crippen LogP contribution in [0, 0.1) is 5.92 Å². The molecule has 0 aliphatic carbocycles. The van der Waals surface area contributed by atoms with E-state index in [0.29, 0.717) is 18.6 Å². The molecular weight excluding hydrogens is 218 g/mol. The quantitative estimate of drug-likeness (QED) is 0.517. The van der Waals surface area contributed by atoms with Crippen molar-refractivity contribution in [3.8, 4) is 0 Å². The Balaban J connectivity index is 2.18. The van der Waals surface area contributed by atoms with Crippen molar-refractivity contribution in [2.45, 2.75) is 45.4 Å². The lowest BCUT2D eigenvalue weighted by Gasteiger charge is -2.23. The fraction of sp³-hybridized carbons (Fsp3) is 0.769. The molecule has 0 spiro atoms. The first-order valence-electron chi connectivity index (χ1n) is 6.19. The van der Waals surface area contributed by atoms with Crippen LogP contribution in [0.4, 0.5) is 0 Å². The van der Waals surface area contributed by atoms with Crippen molar-refractivity contribution in [2.75, 3.05) is 13.2 Å². The molecule has 0 aromatic heterocycles. The molecule has 4 unspecified atom stereocenters. The second-order valence-corrected chi connectivity index (χ2v) is 4.82. The number of nitrogens with one attached hydrogen (secondary N) is 1. The Morgan fingerprint density at radius 1 is 1.59 bits per heavy atom. The van der Waals surface area contributed by atoms with Gasteiger partial charge in [-0.2, -0.15) is 0 Å². The van der Waals surface area contributed by atoms with E-state index in [1.165, 1.54) is 6.08 Å². The van der Waals surface area contributed by atoms with Gasteiger partial charge in [-0.3, -0.25) is 4.79 Å². The Hall–Kier alpha value is -0.870. The van der Waals surface area contributed by atoms with Gasteiger partial charge in [-0.15, -0.1) is 0 Å². The van der Waals surface area contributed by atoms with Gasteiger partial charge in [-0.25, -0.2) is 0 Å². The monoisotopic (exact) mass is 241 g/mol. The van der Waals surface area contributed by atoms with Gasteiger partial charge in [0.15, 0.2) is 0 Å². The van der Waals surface area contributed by atoms with Gasteiger partial charge in [0.25, 0.3) is 0 Å². The van der Waals surface area contributed by atoms with E-state index in [2.05, 4.69) is 25.7 Å². The SMILES string of the molecule is C=CC(=O)NC(C)CC(C)C(C)OCC1CO1. The van der Waals surface area contributed by atoms with E-state index in [9.17, 15) is 4.79 Å². The topological polar surface area (TPSA) is 50.9 Å². The van der Waals surface area contributed by atoms with Crippen molar-refractivity contribution in [3.05, 3.63) is 12.7 Å². The Kier molecular flexibility index (Phi) is 5.65. The Labute approximate surface area is 103 Å². The van der Waals surface area contributed by atoms with Crippen LogP contribution in [0.25, 0.3) is 0 Å². The summed E-state index contributed by atoms with van der Waals surface area (Å²) in [5.41, 5.74) is 0. The smallest absolute Gasteiger partial charge is 0.243 e. The average Bonchev–Trinajstić information content (AvgIpc) is 3.09. The first-order chi connectivity index (χ1) is 8.02. The summed E-state index contributed by atoms with van der Waals surface area (Å²) in [6.07, 6.45) is 2.68. The zero-order chi connectivity index (χ0) is 12.8. The van der Waals surface area contributed by atoms with E-state index in [1.54, 1.807) is 0 Å². The van der Waals surface area contributed by atoms with Gasteiger partial charge < -0.3 is 14.8 Å². The molecule has 1 fully saturated rings. The minimum atomic E-state index is -0.121. The van der Waals surface area contributed by atoms with Crippen molar-refractivity contribution in [3.63, 3.8) is 0 Å². The summed E-state index contributed by atoms with van der Waals surface area (Å²) in [6.45, 7) is 11.1. The molecule has 17 heavy (non-hydrogen) atoms. The van der Waals surface area contributed by atoms with Gasteiger partial charge in [0.1, 0.15) is 6.10 Å². The summed E-state index contributed by atoms with van der Waals surface area (Å²) in [6, 6.07) is 0.138. The third-order valence-corrected chi connectivity index (χ3v) is 3.05. The Bertz CT molecular complexity index is 263. The second kappa shape index (κ2) is 6.77. The number of amides is 1. The number of carbonyl (C=O) groups is 1. The van der Waals surface area contributed by atoms with Crippen molar-refractivity contribution >= 4 is 5.91 Å². The number of carbonyl (C=O) groups excluding carboxylic acids is 1. The van der Waals surface area contributed by atoms with Crippen LogP contribution >= 0.6 is 0 Å². The maximum atomic E-state index is 11.1. The fourth-order valence-electron chi connectivity index (χ4n) is 1.70. The number of rotatable bonds is 8. The van der Waals surface area contributed by atoms with Crippen LogP contribution in [0.15, 0.2) is 12.7 Å². The van der Waals surface area contributed by atoms with E-state index in [1.807, 2.05) is 6.92 Å². The first kappa shape index (κ1) is 14.2. The largest absolute Gasteiger partial charge is 0.375 e. The maximum absolute atomic E-state index is 11.1. The van der Waals surface area contributed by atoms with E-state index in [-0.39, 0.29) is 18.1 Å². The van der Waals surface area contributed by atoms with Crippen LogP contribution < -0.4 is 5.32 Å². The van der Waals surface area contributed by atoms with E-state index < -0.39 is 0 Å². The fourth-order valence-corrected chi connectivity index (χ4v) is 1.70. The van der Waals surface area contributed by atoms with E-state index >= 15 is 0 Å². The summed E-state index contributed by atoms with van der Waals surface area (Å²) >= 11 is 0. The Morgan fingerprint density at radius 2 is 2.24 bits per heavy atom. The Morgan fingerprint density at radius 3 is 2.76 bits per heavy atom. The van der Waals surface area contributed by atoms with Crippen molar-refractivity contribution in [1.82, 2.24) is 5.32 Å².